The minimum atomic E-state index is -0.544. The predicted octanol–water partition coefficient (Wildman–Crippen LogP) is 5.55. The third-order valence-electron chi connectivity index (χ3n) is 8.48. The zero-order chi connectivity index (χ0) is 28.8. The molecule has 0 bridgehead atoms. The van der Waals surface area contributed by atoms with Crippen molar-refractivity contribution < 1.29 is 18.3 Å². The summed E-state index contributed by atoms with van der Waals surface area (Å²) in [7, 11) is 4.18. The van der Waals surface area contributed by atoms with Crippen LogP contribution in [0, 0.1) is 11.6 Å². The molecular formula is C32H37F2N5O2. The van der Waals surface area contributed by atoms with E-state index in [0.29, 0.717) is 40.5 Å². The molecule has 41 heavy (non-hydrogen) atoms. The van der Waals surface area contributed by atoms with Crippen LogP contribution >= 0.6 is 0 Å². The summed E-state index contributed by atoms with van der Waals surface area (Å²) in [5.41, 5.74) is 3.73. The molecule has 3 aliphatic rings. The van der Waals surface area contributed by atoms with Crippen molar-refractivity contribution >= 4 is 17.3 Å². The van der Waals surface area contributed by atoms with Gasteiger partial charge in [0.2, 0.25) is 0 Å². The molecule has 3 aromatic rings. The van der Waals surface area contributed by atoms with Gasteiger partial charge in [0.15, 0.2) is 12.4 Å². The van der Waals surface area contributed by atoms with Gasteiger partial charge in [-0.2, -0.15) is 0 Å². The third kappa shape index (κ3) is 5.52. The first-order valence-corrected chi connectivity index (χ1v) is 14.5. The van der Waals surface area contributed by atoms with Crippen LogP contribution in [-0.2, 0) is 11.2 Å². The number of ether oxygens (including phenoxy) is 1. The topological polar surface area (TPSA) is 61.8 Å². The lowest BCUT2D eigenvalue weighted by molar-refractivity contribution is -0.121. The first kappa shape index (κ1) is 27.6. The van der Waals surface area contributed by atoms with E-state index in [1.807, 2.05) is 32.0 Å². The summed E-state index contributed by atoms with van der Waals surface area (Å²) < 4.78 is 36.3. The van der Waals surface area contributed by atoms with E-state index in [1.165, 1.54) is 12.3 Å². The van der Waals surface area contributed by atoms with Gasteiger partial charge in [-0.1, -0.05) is 6.07 Å². The van der Waals surface area contributed by atoms with Gasteiger partial charge in [-0.15, -0.1) is 0 Å². The number of carbonyl (C=O) groups excluding carboxylic acids is 1. The lowest BCUT2D eigenvalue weighted by Gasteiger charge is -2.36. The molecule has 1 amide bonds. The summed E-state index contributed by atoms with van der Waals surface area (Å²) in [6.07, 6.45) is 5.51. The highest BCUT2D eigenvalue weighted by molar-refractivity contribution is 5.99. The Morgan fingerprint density at radius 1 is 1.02 bits per heavy atom. The van der Waals surface area contributed by atoms with Crippen LogP contribution in [0.4, 0.5) is 20.2 Å². The van der Waals surface area contributed by atoms with Crippen molar-refractivity contribution in [2.45, 2.75) is 64.0 Å². The zero-order valence-corrected chi connectivity index (χ0v) is 24.2. The van der Waals surface area contributed by atoms with Crippen molar-refractivity contribution in [1.82, 2.24) is 14.9 Å². The Morgan fingerprint density at radius 2 is 1.78 bits per heavy atom. The normalized spacial score (nSPS) is 17.8. The second-order valence-electron chi connectivity index (χ2n) is 12.0. The Kier molecular flexibility index (Phi) is 7.40. The summed E-state index contributed by atoms with van der Waals surface area (Å²) in [6.45, 7) is 5.54. The lowest BCUT2D eigenvalue weighted by atomic mass is 9.99. The van der Waals surface area contributed by atoms with Gasteiger partial charge < -0.3 is 19.4 Å². The second-order valence-corrected chi connectivity index (χ2v) is 12.0. The fourth-order valence-electron chi connectivity index (χ4n) is 6.12. The van der Waals surface area contributed by atoms with E-state index in [9.17, 15) is 4.79 Å². The number of aromatic nitrogens is 2. The van der Waals surface area contributed by atoms with Gasteiger partial charge in [0.1, 0.15) is 23.1 Å². The largest absolute Gasteiger partial charge is 0.481 e. The van der Waals surface area contributed by atoms with Crippen LogP contribution in [0.5, 0.6) is 5.75 Å². The Hall–Kier alpha value is -3.59. The quantitative estimate of drug-likeness (QED) is 0.377. The summed E-state index contributed by atoms with van der Waals surface area (Å²) in [5.74, 6) is 0.501. The highest BCUT2D eigenvalue weighted by Crippen LogP contribution is 2.50. The molecule has 9 heteroatoms. The molecular weight excluding hydrogens is 524 g/mol. The number of halogens is 2. The van der Waals surface area contributed by atoms with Crippen LogP contribution in [0.15, 0.2) is 36.5 Å². The van der Waals surface area contributed by atoms with Crippen LogP contribution in [0.1, 0.15) is 62.4 Å². The summed E-state index contributed by atoms with van der Waals surface area (Å²) >= 11 is 0. The molecule has 1 aromatic heterocycles. The van der Waals surface area contributed by atoms with Gasteiger partial charge in [0.05, 0.1) is 17.6 Å². The molecule has 0 N–H and O–H groups in total. The van der Waals surface area contributed by atoms with E-state index >= 15 is 8.78 Å². The van der Waals surface area contributed by atoms with E-state index in [1.54, 1.807) is 11.0 Å². The number of hydrogen-bond donors (Lipinski definition) is 0. The lowest BCUT2D eigenvalue weighted by Crippen LogP contribution is -2.43. The number of rotatable bonds is 7. The number of nitrogens with zero attached hydrogens (tertiary/aromatic N) is 5. The van der Waals surface area contributed by atoms with Gasteiger partial charge in [-0.3, -0.25) is 4.79 Å². The molecule has 1 saturated heterocycles. The molecule has 2 aliphatic heterocycles. The van der Waals surface area contributed by atoms with Gasteiger partial charge in [-0.05, 0) is 89.4 Å². The standard InChI is InChI=1S/C32H37F2N5O2/c1-19(2)39-28-16-22(15-24(21-6-7-21)32(28)41-18-30(39)40)31-26(34)17-35-29(36-31)14-20-5-8-27(25(33)13-20)38-11-9-23(10-12-38)37(3)4/h5,8,13,15-17,19,21,23H,6-7,9-12,14,18H2,1-4H3. The molecule has 2 aromatic carbocycles. The van der Waals surface area contributed by atoms with Gasteiger partial charge in [0, 0.05) is 42.7 Å². The maximum atomic E-state index is 15.2. The molecule has 2 fully saturated rings. The summed E-state index contributed by atoms with van der Waals surface area (Å²) in [4.78, 5) is 27.6. The fourth-order valence-corrected chi connectivity index (χ4v) is 6.12. The van der Waals surface area contributed by atoms with Crippen molar-refractivity contribution in [3.8, 4) is 17.0 Å². The van der Waals surface area contributed by atoms with Crippen LogP contribution in [0.3, 0.4) is 0 Å². The molecule has 1 aliphatic carbocycles. The van der Waals surface area contributed by atoms with Crippen molar-refractivity contribution in [1.29, 1.82) is 0 Å². The number of anilines is 2. The SMILES string of the molecule is CC(C)N1C(=O)COc2c(C3CC3)cc(-c3nc(Cc4ccc(N5CCC(N(C)C)CC5)c(F)c4)ncc3F)cc21. The van der Waals surface area contributed by atoms with E-state index in [-0.39, 0.29) is 36.5 Å². The maximum absolute atomic E-state index is 15.2. The van der Waals surface area contributed by atoms with Gasteiger partial charge in [-0.25, -0.2) is 18.7 Å². The van der Waals surface area contributed by atoms with Crippen LogP contribution in [-0.4, -0.2) is 66.7 Å². The Morgan fingerprint density at radius 3 is 2.44 bits per heavy atom. The zero-order valence-electron chi connectivity index (χ0n) is 24.2. The first-order chi connectivity index (χ1) is 19.7. The smallest absolute Gasteiger partial charge is 0.265 e. The molecule has 0 atom stereocenters. The Bertz CT molecular complexity index is 1460. The Balaban J connectivity index is 1.28. The molecule has 0 radical (unpaired) electrons. The molecule has 7 nitrogen and oxygen atoms in total. The van der Waals surface area contributed by atoms with E-state index in [0.717, 1.165) is 49.9 Å². The predicted molar refractivity (Wildman–Crippen MR) is 156 cm³/mol. The Labute approximate surface area is 240 Å². The number of amides is 1. The second kappa shape index (κ2) is 11.0. The molecule has 0 unspecified atom stereocenters. The fraction of sp³-hybridized carbons (Fsp3) is 0.469. The minimum Gasteiger partial charge on any atom is -0.481 e. The first-order valence-electron chi connectivity index (χ1n) is 14.5. The highest BCUT2D eigenvalue weighted by atomic mass is 19.1. The number of piperidine rings is 1. The van der Waals surface area contributed by atoms with Crippen molar-refractivity contribution in [2.75, 3.05) is 43.6 Å². The minimum absolute atomic E-state index is 0.0000250. The highest BCUT2D eigenvalue weighted by Gasteiger charge is 2.35. The number of fused-ring (bicyclic) bond motifs is 1. The molecule has 3 heterocycles. The van der Waals surface area contributed by atoms with Crippen molar-refractivity contribution in [3.63, 3.8) is 0 Å². The number of hydrogen-bond acceptors (Lipinski definition) is 6. The number of carbonyl (C=O) groups is 1. The third-order valence-corrected chi connectivity index (χ3v) is 8.48. The molecule has 216 valence electrons. The van der Waals surface area contributed by atoms with Crippen molar-refractivity contribution in [2.24, 2.45) is 0 Å². The molecule has 0 spiro atoms. The van der Waals surface area contributed by atoms with Gasteiger partial charge in [0.25, 0.3) is 5.91 Å². The van der Waals surface area contributed by atoms with Crippen LogP contribution in [0.25, 0.3) is 11.3 Å². The average molecular weight is 562 g/mol. The van der Waals surface area contributed by atoms with Crippen LogP contribution < -0.4 is 14.5 Å². The summed E-state index contributed by atoms with van der Waals surface area (Å²) in [5, 5.41) is 0. The maximum Gasteiger partial charge on any atom is 0.265 e. The number of benzene rings is 2. The monoisotopic (exact) mass is 561 g/mol. The van der Waals surface area contributed by atoms with E-state index in [4.69, 9.17) is 4.74 Å². The summed E-state index contributed by atoms with van der Waals surface area (Å²) in [6, 6.07) is 9.44. The van der Waals surface area contributed by atoms with E-state index < -0.39 is 5.82 Å². The van der Waals surface area contributed by atoms with E-state index in [2.05, 4.69) is 33.9 Å². The van der Waals surface area contributed by atoms with Gasteiger partial charge >= 0.3 is 0 Å². The average Bonchev–Trinajstić information content (AvgIpc) is 3.79. The van der Waals surface area contributed by atoms with Crippen LogP contribution in [0.2, 0.25) is 0 Å². The molecule has 6 rings (SSSR count). The van der Waals surface area contributed by atoms with Crippen molar-refractivity contribution in [3.05, 3.63) is 65.1 Å². The molecule has 1 saturated carbocycles.